The van der Waals surface area contributed by atoms with Crippen LogP contribution in [0.15, 0.2) is 29.4 Å². The first-order valence-corrected chi connectivity index (χ1v) is 8.95. The Morgan fingerprint density at radius 3 is 2.75 bits per heavy atom. The van der Waals surface area contributed by atoms with Crippen LogP contribution in [-0.4, -0.2) is 36.9 Å². The highest BCUT2D eigenvalue weighted by molar-refractivity contribution is 14.1. The van der Waals surface area contributed by atoms with Crippen molar-refractivity contribution in [1.82, 2.24) is 14.8 Å². The lowest BCUT2D eigenvalue weighted by Gasteiger charge is -2.08. The SMILES string of the molecule is COCCn1c(-c2cccc(I)c2)nnc1S(=O)(=O)Cl. The van der Waals surface area contributed by atoms with Gasteiger partial charge in [0.2, 0.25) is 0 Å². The van der Waals surface area contributed by atoms with E-state index in [1.54, 1.807) is 0 Å². The average Bonchev–Trinajstić information content (AvgIpc) is 2.79. The molecule has 20 heavy (non-hydrogen) atoms. The van der Waals surface area contributed by atoms with E-state index in [0.717, 1.165) is 9.13 Å². The molecule has 0 saturated heterocycles. The van der Waals surface area contributed by atoms with Crippen molar-refractivity contribution in [1.29, 1.82) is 0 Å². The lowest BCUT2D eigenvalue weighted by molar-refractivity contribution is 0.185. The molecular weight excluding hydrogens is 417 g/mol. The first-order valence-electron chi connectivity index (χ1n) is 5.56. The van der Waals surface area contributed by atoms with E-state index in [1.165, 1.54) is 11.7 Å². The standard InChI is InChI=1S/C11H11ClIN3O3S/c1-19-6-5-16-10(8-3-2-4-9(13)7-8)14-15-11(16)20(12,17)18/h2-4,7H,5-6H2,1H3. The molecule has 2 aromatic rings. The second kappa shape index (κ2) is 6.37. The van der Waals surface area contributed by atoms with Gasteiger partial charge in [0.25, 0.3) is 14.2 Å². The van der Waals surface area contributed by atoms with E-state index in [9.17, 15) is 8.42 Å². The van der Waals surface area contributed by atoms with Crippen molar-refractivity contribution in [3.8, 4) is 11.4 Å². The normalized spacial score (nSPS) is 11.8. The fraction of sp³-hybridized carbons (Fsp3) is 0.273. The average molecular weight is 428 g/mol. The smallest absolute Gasteiger partial charge is 0.296 e. The van der Waals surface area contributed by atoms with Gasteiger partial charge in [-0.15, -0.1) is 10.2 Å². The number of methoxy groups -OCH3 is 1. The topological polar surface area (TPSA) is 74.1 Å². The van der Waals surface area contributed by atoms with Crippen LogP contribution in [0.2, 0.25) is 0 Å². The van der Waals surface area contributed by atoms with Crippen LogP contribution >= 0.6 is 33.3 Å². The monoisotopic (exact) mass is 427 g/mol. The summed E-state index contributed by atoms with van der Waals surface area (Å²) in [5.41, 5.74) is 0.770. The van der Waals surface area contributed by atoms with Crippen LogP contribution in [0.3, 0.4) is 0 Å². The number of ether oxygens (including phenoxy) is 1. The van der Waals surface area contributed by atoms with Crippen molar-refractivity contribution in [2.24, 2.45) is 0 Å². The van der Waals surface area contributed by atoms with Crippen LogP contribution in [0.1, 0.15) is 0 Å². The molecule has 2 rings (SSSR count). The Balaban J connectivity index is 2.56. The van der Waals surface area contributed by atoms with Crippen LogP contribution in [0.5, 0.6) is 0 Å². The molecule has 0 spiro atoms. The minimum absolute atomic E-state index is 0.273. The maximum absolute atomic E-state index is 11.5. The maximum Gasteiger partial charge on any atom is 0.296 e. The molecule has 0 aliphatic heterocycles. The molecule has 0 saturated carbocycles. The van der Waals surface area contributed by atoms with Gasteiger partial charge in [-0.3, -0.25) is 4.57 Å². The minimum atomic E-state index is -3.96. The van der Waals surface area contributed by atoms with Gasteiger partial charge in [-0.2, -0.15) is 0 Å². The second-order valence-corrected chi connectivity index (χ2v) is 7.60. The minimum Gasteiger partial charge on any atom is -0.383 e. The zero-order chi connectivity index (χ0) is 14.8. The van der Waals surface area contributed by atoms with Gasteiger partial charge in [-0.25, -0.2) is 8.42 Å². The van der Waals surface area contributed by atoms with Gasteiger partial charge >= 0.3 is 0 Å². The maximum atomic E-state index is 11.5. The molecular formula is C11H11ClIN3O3S. The molecule has 108 valence electrons. The molecule has 0 N–H and O–H groups in total. The molecule has 0 bridgehead atoms. The zero-order valence-electron chi connectivity index (χ0n) is 10.5. The van der Waals surface area contributed by atoms with Gasteiger partial charge in [0.15, 0.2) is 5.82 Å². The third-order valence-corrected chi connectivity index (χ3v) is 4.36. The molecule has 0 radical (unpaired) electrons. The predicted molar refractivity (Wildman–Crippen MR) is 83.1 cm³/mol. The predicted octanol–water partition coefficient (Wildman–Crippen LogP) is 2.12. The molecule has 0 amide bonds. The Bertz CT molecular complexity index is 717. The summed E-state index contributed by atoms with van der Waals surface area (Å²) in [6.45, 7) is 0.625. The summed E-state index contributed by atoms with van der Waals surface area (Å²) in [7, 11) is 2.96. The highest BCUT2D eigenvalue weighted by Crippen LogP contribution is 2.23. The fourth-order valence-corrected chi connectivity index (χ4v) is 3.16. The van der Waals surface area contributed by atoms with E-state index in [0.29, 0.717) is 19.0 Å². The van der Waals surface area contributed by atoms with Crippen LogP contribution in [0.4, 0.5) is 0 Å². The van der Waals surface area contributed by atoms with Gasteiger partial charge < -0.3 is 4.74 Å². The Morgan fingerprint density at radius 2 is 2.15 bits per heavy atom. The zero-order valence-corrected chi connectivity index (χ0v) is 14.2. The molecule has 0 aliphatic rings. The summed E-state index contributed by atoms with van der Waals surface area (Å²) in [6, 6.07) is 7.51. The van der Waals surface area contributed by atoms with Crippen molar-refractivity contribution in [2.45, 2.75) is 11.7 Å². The van der Waals surface area contributed by atoms with E-state index < -0.39 is 9.05 Å². The van der Waals surface area contributed by atoms with Gasteiger partial charge in [0.1, 0.15) is 0 Å². The summed E-state index contributed by atoms with van der Waals surface area (Å²) in [5.74, 6) is 0.444. The van der Waals surface area contributed by atoms with Gasteiger partial charge in [-0.1, -0.05) is 12.1 Å². The fourth-order valence-electron chi connectivity index (χ4n) is 1.69. The molecule has 6 nitrogen and oxygen atoms in total. The quantitative estimate of drug-likeness (QED) is 0.540. The van der Waals surface area contributed by atoms with Crippen molar-refractivity contribution in [2.75, 3.05) is 13.7 Å². The van der Waals surface area contributed by atoms with Crippen molar-refractivity contribution in [3.05, 3.63) is 27.8 Å². The van der Waals surface area contributed by atoms with E-state index >= 15 is 0 Å². The van der Waals surface area contributed by atoms with E-state index in [1.807, 2.05) is 24.3 Å². The van der Waals surface area contributed by atoms with E-state index in [4.69, 9.17) is 15.4 Å². The molecule has 1 aromatic heterocycles. The first kappa shape index (κ1) is 15.7. The van der Waals surface area contributed by atoms with E-state index in [2.05, 4.69) is 32.8 Å². The molecule has 1 heterocycles. The second-order valence-electron chi connectivity index (χ2n) is 3.90. The number of hydrogen-bond donors (Lipinski definition) is 0. The number of benzene rings is 1. The highest BCUT2D eigenvalue weighted by atomic mass is 127. The highest BCUT2D eigenvalue weighted by Gasteiger charge is 2.23. The summed E-state index contributed by atoms with van der Waals surface area (Å²) in [5, 5.41) is 7.35. The lowest BCUT2D eigenvalue weighted by Crippen LogP contribution is -2.11. The molecule has 0 unspecified atom stereocenters. The number of halogens is 2. The molecule has 9 heteroatoms. The molecule has 0 atom stereocenters. The van der Waals surface area contributed by atoms with Gasteiger partial charge in [-0.05, 0) is 34.7 Å². The Morgan fingerprint density at radius 1 is 1.40 bits per heavy atom. The summed E-state index contributed by atoms with van der Waals surface area (Å²) in [4.78, 5) is 0. The first-order chi connectivity index (χ1) is 9.43. The Kier molecular flexibility index (Phi) is 4.99. The lowest BCUT2D eigenvalue weighted by atomic mass is 10.2. The van der Waals surface area contributed by atoms with Crippen LogP contribution in [0, 0.1) is 3.57 Å². The van der Waals surface area contributed by atoms with Crippen molar-refractivity contribution < 1.29 is 13.2 Å². The third kappa shape index (κ3) is 3.48. The number of nitrogens with zero attached hydrogens (tertiary/aromatic N) is 3. The Labute approximate surface area is 134 Å². The number of aromatic nitrogens is 3. The summed E-state index contributed by atoms with van der Waals surface area (Å²) < 4.78 is 30.5. The van der Waals surface area contributed by atoms with Crippen molar-refractivity contribution >= 4 is 42.3 Å². The Hall–Kier alpha value is -0.710. The number of rotatable bonds is 5. The molecule has 1 aromatic carbocycles. The summed E-state index contributed by atoms with van der Waals surface area (Å²) >= 11 is 2.17. The van der Waals surface area contributed by atoms with Crippen LogP contribution < -0.4 is 0 Å². The molecule has 0 fully saturated rings. The third-order valence-electron chi connectivity index (χ3n) is 2.54. The largest absolute Gasteiger partial charge is 0.383 e. The van der Waals surface area contributed by atoms with E-state index in [-0.39, 0.29) is 5.16 Å². The molecule has 0 aliphatic carbocycles. The van der Waals surface area contributed by atoms with Gasteiger partial charge in [0.05, 0.1) is 13.2 Å². The summed E-state index contributed by atoms with van der Waals surface area (Å²) in [6.07, 6.45) is 0. The van der Waals surface area contributed by atoms with Crippen LogP contribution in [0.25, 0.3) is 11.4 Å². The van der Waals surface area contributed by atoms with Gasteiger partial charge in [0, 0.05) is 26.9 Å². The number of hydrogen-bond acceptors (Lipinski definition) is 5. The van der Waals surface area contributed by atoms with Crippen LogP contribution in [-0.2, 0) is 20.3 Å². The van der Waals surface area contributed by atoms with Crippen molar-refractivity contribution in [3.63, 3.8) is 0 Å².